The van der Waals surface area contributed by atoms with Crippen LogP contribution in [0.1, 0.15) is 5.56 Å². The molecule has 0 radical (unpaired) electrons. The fourth-order valence-corrected chi connectivity index (χ4v) is 1.80. The number of benzene rings is 1. The number of rotatable bonds is 5. The Balaban J connectivity index is 2.27. The van der Waals surface area contributed by atoms with E-state index in [0.717, 1.165) is 11.3 Å². The van der Waals surface area contributed by atoms with E-state index in [2.05, 4.69) is 0 Å². The van der Waals surface area contributed by atoms with Crippen LogP contribution in [0, 0.1) is 0 Å². The quantitative estimate of drug-likeness (QED) is 0.696. The van der Waals surface area contributed by atoms with Gasteiger partial charge in [0.2, 0.25) is 0 Å². The molecule has 1 rings (SSSR count). The van der Waals surface area contributed by atoms with Gasteiger partial charge in [-0.3, -0.25) is 4.79 Å². The minimum Gasteiger partial charge on any atom is -0.384 e. The highest BCUT2D eigenvalue weighted by Crippen LogP contribution is 2.08. The average Bonchev–Trinajstić information content (AvgIpc) is 2.20. The largest absolute Gasteiger partial charge is 0.384 e. The molecule has 0 fully saturated rings. The van der Waals surface area contributed by atoms with E-state index >= 15 is 0 Å². The van der Waals surface area contributed by atoms with Gasteiger partial charge >= 0.3 is 0 Å². The summed E-state index contributed by atoms with van der Waals surface area (Å²) in [5.74, 6) is 0.738. The van der Waals surface area contributed by atoms with Crippen LogP contribution >= 0.6 is 11.8 Å². The van der Waals surface area contributed by atoms with Gasteiger partial charge in [0, 0.05) is 19.3 Å². The average molecular weight is 210 g/mol. The molecule has 0 aromatic heterocycles. The van der Waals surface area contributed by atoms with E-state index in [1.807, 2.05) is 30.3 Å². The zero-order valence-electron chi connectivity index (χ0n) is 8.23. The van der Waals surface area contributed by atoms with Gasteiger partial charge in [0.05, 0.1) is 6.61 Å². The third-order valence-corrected chi connectivity index (χ3v) is 2.58. The summed E-state index contributed by atoms with van der Waals surface area (Å²) in [6.45, 7) is 0.630. The van der Waals surface area contributed by atoms with E-state index in [1.54, 1.807) is 7.11 Å². The van der Waals surface area contributed by atoms with Gasteiger partial charge in [0.25, 0.3) is 0 Å². The van der Waals surface area contributed by atoms with Crippen molar-refractivity contribution in [2.24, 2.45) is 0 Å². The van der Waals surface area contributed by atoms with Gasteiger partial charge in [-0.25, -0.2) is 0 Å². The molecule has 3 heteroatoms. The number of methoxy groups -OCH3 is 1. The molecule has 0 aliphatic carbocycles. The first-order valence-electron chi connectivity index (χ1n) is 4.51. The lowest BCUT2D eigenvalue weighted by atomic mass is 10.2. The summed E-state index contributed by atoms with van der Waals surface area (Å²) in [6.07, 6.45) is 0.509. The Labute approximate surface area is 88.7 Å². The molecular weight excluding hydrogens is 196 g/mol. The molecule has 0 aliphatic rings. The normalized spacial score (nSPS) is 10.1. The van der Waals surface area contributed by atoms with Gasteiger partial charge in [-0.15, -0.1) is 0 Å². The number of carbonyl (C=O) groups excluding carboxylic acids is 1. The molecule has 0 saturated heterocycles. The fraction of sp³-hybridized carbons (Fsp3) is 0.364. The maximum atomic E-state index is 11.4. The summed E-state index contributed by atoms with van der Waals surface area (Å²) in [6, 6.07) is 9.78. The van der Waals surface area contributed by atoms with Crippen molar-refractivity contribution in [2.45, 2.75) is 6.42 Å². The van der Waals surface area contributed by atoms with Crippen LogP contribution in [0.4, 0.5) is 0 Å². The van der Waals surface area contributed by atoms with Crippen LogP contribution < -0.4 is 0 Å². The number of thioether (sulfide) groups is 1. The minimum atomic E-state index is 0.202. The second kappa shape index (κ2) is 6.62. The van der Waals surface area contributed by atoms with Crippen LogP contribution in [0.5, 0.6) is 0 Å². The second-order valence-electron chi connectivity index (χ2n) is 2.88. The molecule has 1 aromatic rings. The molecular formula is C11H14O2S. The molecule has 0 unspecified atom stereocenters. The van der Waals surface area contributed by atoms with Crippen LogP contribution in [0.2, 0.25) is 0 Å². The summed E-state index contributed by atoms with van der Waals surface area (Å²) in [7, 11) is 1.64. The molecule has 0 heterocycles. The smallest absolute Gasteiger partial charge is 0.193 e. The van der Waals surface area contributed by atoms with Gasteiger partial charge in [-0.2, -0.15) is 0 Å². The van der Waals surface area contributed by atoms with Gasteiger partial charge in [-0.05, 0) is 5.56 Å². The maximum absolute atomic E-state index is 11.4. The minimum absolute atomic E-state index is 0.202. The number of hydrogen-bond donors (Lipinski definition) is 0. The van der Waals surface area contributed by atoms with E-state index < -0.39 is 0 Å². The van der Waals surface area contributed by atoms with Crippen LogP contribution in [0.25, 0.3) is 0 Å². The summed E-state index contributed by atoms with van der Waals surface area (Å²) < 4.78 is 4.87. The zero-order chi connectivity index (χ0) is 10.2. The standard InChI is InChI=1S/C11H14O2S/c1-13-7-8-14-11(12)9-10-5-3-2-4-6-10/h2-6H,7-9H2,1H3. The Morgan fingerprint density at radius 3 is 2.71 bits per heavy atom. The monoisotopic (exact) mass is 210 g/mol. The maximum Gasteiger partial charge on any atom is 0.193 e. The van der Waals surface area contributed by atoms with Crippen molar-refractivity contribution < 1.29 is 9.53 Å². The van der Waals surface area contributed by atoms with Crippen LogP contribution in [0.15, 0.2) is 30.3 Å². The third-order valence-electron chi connectivity index (χ3n) is 1.74. The molecule has 0 N–H and O–H groups in total. The van der Waals surface area contributed by atoms with Gasteiger partial charge in [-0.1, -0.05) is 42.1 Å². The molecule has 0 aliphatic heterocycles. The first kappa shape index (κ1) is 11.3. The van der Waals surface area contributed by atoms with Crippen molar-refractivity contribution in [3.63, 3.8) is 0 Å². The van der Waals surface area contributed by atoms with E-state index in [4.69, 9.17) is 4.74 Å². The van der Waals surface area contributed by atoms with Crippen molar-refractivity contribution in [1.82, 2.24) is 0 Å². The van der Waals surface area contributed by atoms with E-state index in [-0.39, 0.29) is 5.12 Å². The third kappa shape index (κ3) is 4.44. The van der Waals surface area contributed by atoms with E-state index in [1.165, 1.54) is 11.8 Å². The molecule has 76 valence electrons. The van der Waals surface area contributed by atoms with Crippen LogP contribution in [-0.2, 0) is 16.0 Å². The van der Waals surface area contributed by atoms with Crippen molar-refractivity contribution in [2.75, 3.05) is 19.5 Å². The number of hydrogen-bond acceptors (Lipinski definition) is 3. The Kier molecular flexibility index (Phi) is 5.33. The Hall–Kier alpha value is -0.800. The fourth-order valence-electron chi connectivity index (χ4n) is 1.05. The first-order chi connectivity index (χ1) is 6.83. The topological polar surface area (TPSA) is 26.3 Å². The highest BCUT2D eigenvalue weighted by molar-refractivity contribution is 8.13. The highest BCUT2D eigenvalue weighted by atomic mass is 32.2. The van der Waals surface area contributed by atoms with Crippen molar-refractivity contribution in [3.8, 4) is 0 Å². The summed E-state index contributed by atoms with van der Waals surface area (Å²) >= 11 is 1.33. The van der Waals surface area contributed by atoms with E-state index in [9.17, 15) is 4.79 Å². The summed E-state index contributed by atoms with van der Waals surface area (Å²) in [5, 5.41) is 0.202. The van der Waals surface area contributed by atoms with Gasteiger partial charge in [0.1, 0.15) is 0 Å². The van der Waals surface area contributed by atoms with Crippen molar-refractivity contribution >= 4 is 16.9 Å². The molecule has 0 atom stereocenters. The Bertz CT molecular complexity index is 272. The predicted molar refractivity (Wildman–Crippen MR) is 59.5 cm³/mol. The molecule has 0 bridgehead atoms. The Morgan fingerprint density at radius 2 is 2.07 bits per heavy atom. The lowest BCUT2D eigenvalue weighted by Crippen LogP contribution is -2.01. The number of ether oxygens (including phenoxy) is 1. The number of carbonyl (C=O) groups is 1. The second-order valence-corrected chi connectivity index (χ2v) is 4.03. The lowest BCUT2D eigenvalue weighted by molar-refractivity contribution is -0.110. The van der Waals surface area contributed by atoms with Crippen LogP contribution in [0.3, 0.4) is 0 Å². The summed E-state index contributed by atoms with van der Waals surface area (Å²) in [5.41, 5.74) is 1.07. The molecule has 0 spiro atoms. The Morgan fingerprint density at radius 1 is 1.36 bits per heavy atom. The van der Waals surface area contributed by atoms with Crippen molar-refractivity contribution in [1.29, 1.82) is 0 Å². The SMILES string of the molecule is COCCSC(=O)Cc1ccccc1. The molecule has 0 saturated carbocycles. The molecule has 14 heavy (non-hydrogen) atoms. The summed E-state index contributed by atoms with van der Waals surface area (Å²) in [4.78, 5) is 11.4. The van der Waals surface area contributed by atoms with Crippen molar-refractivity contribution in [3.05, 3.63) is 35.9 Å². The molecule has 2 nitrogen and oxygen atoms in total. The molecule has 0 amide bonds. The van der Waals surface area contributed by atoms with Crippen LogP contribution in [-0.4, -0.2) is 24.6 Å². The van der Waals surface area contributed by atoms with Gasteiger partial charge in [0.15, 0.2) is 5.12 Å². The van der Waals surface area contributed by atoms with E-state index in [0.29, 0.717) is 13.0 Å². The molecule has 1 aromatic carbocycles. The highest BCUT2D eigenvalue weighted by Gasteiger charge is 2.03. The predicted octanol–water partition coefficient (Wildman–Crippen LogP) is 2.14. The zero-order valence-corrected chi connectivity index (χ0v) is 9.05. The lowest BCUT2D eigenvalue weighted by Gasteiger charge is -2.00. The first-order valence-corrected chi connectivity index (χ1v) is 5.50. The van der Waals surface area contributed by atoms with Gasteiger partial charge < -0.3 is 4.74 Å².